The second-order valence-electron chi connectivity index (χ2n) is 5.48. The van der Waals surface area contributed by atoms with E-state index in [-0.39, 0.29) is 12.5 Å². The number of amides is 1. The van der Waals surface area contributed by atoms with Crippen LogP contribution in [0, 0.1) is 11.8 Å². The summed E-state index contributed by atoms with van der Waals surface area (Å²) in [6.45, 7) is 6.20. The van der Waals surface area contributed by atoms with Crippen LogP contribution in [0.1, 0.15) is 52.4 Å². The molecule has 0 radical (unpaired) electrons. The molecule has 2 unspecified atom stereocenters. The number of nitrogens with zero attached hydrogens (tertiary/aromatic N) is 1. The normalized spacial score (nSPS) is 21.8. The Hall–Kier alpha value is -0.570. The van der Waals surface area contributed by atoms with E-state index in [1.54, 1.807) is 0 Å². The molecule has 3 heteroatoms. The summed E-state index contributed by atoms with van der Waals surface area (Å²) in [5.74, 6) is 1.10. The van der Waals surface area contributed by atoms with Crippen LogP contribution in [0.4, 0.5) is 0 Å². The Balaban J connectivity index is 2.20. The molecular formula is C14H27NO2. The van der Waals surface area contributed by atoms with E-state index in [0.717, 1.165) is 25.9 Å². The van der Waals surface area contributed by atoms with Gasteiger partial charge in [0.15, 0.2) is 0 Å². The number of hydrogen-bond acceptors (Lipinski definition) is 2. The smallest absolute Gasteiger partial charge is 0.222 e. The van der Waals surface area contributed by atoms with Gasteiger partial charge in [0.2, 0.25) is 5.91 Å². The van der Waals surface area contributed by atoms with E-state index in [0.29, 0.717) is 18.3 Å². The zero-order valence-electron chi connectivity index (χ0n) is 11.3. The van der Waals surface area contributed by atoms with Gasteiger partial charge < -0.3 is 10.0 Å². The highest BCUT2D eigenvalue weighted by molar-refractivity contribution is 5.76. The molecule has 0 bridgehead atoms. The van der Waals surface area contributed by atoms with Gasteiger partial charge in [-0.2, -0.15) is 0 Å². The van der Waals surface area contributed by atoms with E-state index < -0.39 is 0 Å². The van der Waals surface area contributed by atoms with Crippen molar-refractivity contribution < 1.29 is 9.90 Å². The van der Waals surface area contributed by atoms with Crippen molar-refractivity contribution in [3.63, 3.8) is 0 Å². The first-order valence-corrected chi connectivity index (χ1v) is 7.06. The molecule has 1 aliphatic rings. The van der Waals surface area contributed by atoms with Crippen molar-refractivity contribution in [2.24, 2.45) is 11.8 Å². The molecule has 1 heterocycles. The fraction of sp³-hybridized carbons (Fsp3) is 0.929. The summed E-state index contributed by atoms with van der Waals surface area (Å²) in [7, 11) is 0. The maximum Gasteiger partial charge on any atom is 0.222 e. The van der Waals surface area contributed by atoms with Crippen LogP contribution in [0.3, 0.4) is 0 Å². The van der Waals surface area contributed by atoms with Crippen LogP contribution in [-0.4, -0.2) is 35.6 Å². The molecule has 3 nitrogen and oxygen atoms in total. The topological polar surface area (TPSA) is 40.5 Å². The van der Waals surface area contributed by atoms with Crippen molar-refractivity contribution in [1.82, 2.24) is 4.90 Å². The van der Waals surface area contributed by atoms with Gasteiger partial charge in [0.1, 0.15) is 0 Å². The lowest BCUT2D eigenvalue weighted by Crippen LogP contribution is -2.30. The second-order valence-corrected chi connectivity index (χ2v) is 5.48. The zero-order chi connectivity index (χ0) is 12.7. The van der Waals surface area contributed by atoms with E-state index in [1.165, 1.54) is 19.3 Å². The average Bonchev–Trinajstić information content (AvgIpc) is 2.78. The predicted octanol–water partition coefficient (Wildman–Crippen LogP) is 2.43. The number of carbonyl (C=O) groups is 1. The number of carbonyl (C=O) groups excluding carboxylic acids is 1. The maximum absolute atomic E-state index is 12.0. The third-order valence-corrected chi connectivity index (χ3v) is 3.72. The Labute approximate surface area is 105 Å². The molecular weight excluding hydrogens is 214 g/mol. The number of rotatable bonds is 7. The van der Waals surface area contributed by atoms with Gasteiger partial charge in [0.25, 0.3) is 0 Å². The number of aliphatic hydroxyl groups is 1. The lowest BCUT2D eigenvalue weighted by Gasteiger charge is -2.19. The maximum atomic E-state index is 12.0. The van der Waals surface area contributed by atoms with Gasteiger partial charge in [-0.15, -0.1) is 0 Å². The van der Waals surface area contributed by atoms with Gasteiger partial charge in [-0.05, 0) is 12.3 Å². The van der Waals surface area contributed by atoms with Crippen molar-refractivity contribution in [3.8, 4) is 0 Å². The molecule has 0 aromatic heterocycles. The van der Waals surface area contributed by atoms with Gasteiger partial charge >= 0.3 is 0 Å². The first-order valence-electron chi connectivity index (χ1n) is 7.06. The van der Waals surface area contributed by atoms with Gasteiger partial charge in [0, 0.05) is 32.0 Å². The first-order chi connectivity index (χ1) is 8.17. The van der Waals surface area contributed by atoms with Gasteiger partial charge in [0.05, 0.1) is 0 Å². The molecule has 1 saturated heterocycles. The monoisotopic (exact) mass is 241 g/mol. The Morgan fingerprint density at radius 3 is 2.82 bits per heavy atom. The summed E-state index contributed by atoms with van der Waals surface area (Å²) in [6, 6.07) is 0. The Kier molecular flexibility index (Phi) is 6.56. The van der Waals surface area contributed by atoms with Crippen LogP contribution in [-0.2, 0) is 4.79 Å². The lowest BCUT2D eigenvalue weighted by atomic mass is 9.99. The number of likely N-dealkylation sites (tertiary alicyclic amines) is 1. The van der Waals surface area contributed by atoms with Gasteiger partial charge in [-0.25, -0.2) is 0 Å². The fourth-order valence-electron chi connectivity index (χ4n) is 2.48. The summed E-state index contributed by atoms with van der Waals surface area (Å²) in [4.78, 5) is 13.9. The van der Waals surface area contributed by atoms with Crippen molar-refractivity contribution in [2.45, 2.75) is 52.4 Å². The molecule has 1 amide bonds. The van der Waals surface area contributed by atoms with Crippen LogP contribution < -0.4 is 0 Å². The molecule has 1 fully saturated rings. The number of hydrogen-bond donors (Lipinski definition) is 1. The molecule has 100 valence electrons. The largest absolute Gasteiger partial charge is 0.396 e. The highest BCUT2D eigenvalue weighted by Crippen LogP contribution is 2.19. The molecule has 0 aromatic carbocycles. The van der Waals surface area contributed by atoms with Gasteiger partial charge in [-0.3, -0.25) is 4.79 Å². The summed E-state index contributed by atoms with van der Waals surface area (Å²) >= 11 is 0. The number of unbranched alkanes of at least 4 members (excludes halogenated alkanes) is 2. The molecule has 0 aliphatic carbocycles. The molecule has 17 heavy (non-hydrogen) atoms. The quantitative estimate of drug-likeness (QED) is 0.695. The summed E-state index contributed by atoms with van der Waals surface area (Å²) < 4.78 is 0. The Morgan fingerprint density at radius 2 is 2.24 bits per heavy atom. The highest BCUT2D eigenvalue weighted by atomic mass is 16.3. The highest BCUT2D eigenvalue weighted by Gasteiger charge is 2.26. The molecule has 2 atom stereocenters. The second kappa shape index (κ2) is 7.70. The van der Waals surface area contributed by atoms with E-state index in [2.05, 4.69) is 13.8 Å². The fourth-order valence-corrected chi connectivity index (χ4v) is 2.48. The van der Waals surface area contributed by atoms with E-state index in [4.69, 9.17) is 5.11 Å². The Morgan fingerprint density at radius 1 is 1.47 bits per heavy atom. The van der Waals surface area contributed by atoms with Crippen molar-refractivity contribution >= 4 is 5.91 Å². The van der Waals surface area contributed by atoms with Crippen LogP contribution in [0.5, 0.6) is 0 Å². The third kappa shape index (κ3) is 5.07. The minimum atomic E-state index is 0.218. The van der Waals surface area contributed by atoms with Crippen molar-refractivity contribution in [2.75, 3.05) is 19.7 Å². The third-order valence-electron chi connectivity index (χ3n) is 3.72. The lowest BCUT2D eigenvalue weighted by molar-refractivity contribution is -0.131. The number of aliphatic hydroxyl groups excluding tert-OH is 1. The molecule has 1 rings (SSSR count). The van der Waals surface area contributed by atoms with E-state index in [9.17, 15) is 4.79 Å². The first kappa shape index (κ1) is 14.5. The Bertz CT molecular complexity index is 230. The molecule has 1 N–H and O–H groups in total. The van der Waals surface area contributed by atoms with E-state index in [1.807, 2.05) is 4.90 Å². The van der Waals surface area contributed by atoms with E-state index >= 15 is 0 Å². The summed E-state index contributed by atoms with van der Waals surface area (Å²) in [5.41, 5.74) is 0. The molecule has 0 spiro atoms. The van der Waals surface area contributed by atoms with Crippen LogP contribution >= 0.6 is 0 Å². The predicted molar refractivity (Wildman–Crippen MR) is 69.7 cm³/mol. The molecule has 0 saturated carbocycles. The van der Waals surface area contributed by atoms with Crippen LogP contribution in [0.25, 0.3) is 0 Å². The zero-order valence-corrected chi connectivity index (χ0v) is 11.3. The minimum Gasteiger partial charge on any atom is -0.396 e. The van der Waals surface area contributed by atoms with Crippen LogP contribution in [0.2, 0.25) is 0 Å². The SMILES string of the molecule is CCCCCC(C)CC(=O)N1CCC(CO)C1. The minimum absolute atomic E-state index is 0.218. The molecule has 1 aliphatic heterocycles. The van der Waals surface area contributed by atoms with Crippen molar-refractivity contribution in [1.29, 1.82) is 0 Å². The van der Waals surface area contributed by atoms with Crippen molar-refractivity contribution in [3.05, 3.63) is 0 Å². The van der Waals surface area contributed by atoms with Crippen LogP contribution in [0.15, 0.2) is 0 Å². The molecule has 0 aromatic rings. The average molecular weight is 241 g/mol. The summed E-state index contributed by atoms with van der Waals surface area (Å²) in [6.07, 6.45) is 6.56. The summed E-state index contributed by atoms with van der Waals surface area (Å²) in [5, 5.41) is 9.05. The standard InChI is InChI=1S/C14H27NO2/c1-3-4-5-6-12(2)9-14(17)15-8-7-13(10-15)11-16/h12-13,16H,3-11H2,1-2H3. The van der Waals surface area contributed by atoms with Gasteiger partial charge in [-0.1, -0.05) is 39.5 Å².